The number of imide groups is 1. The molecule has 0 radical (unpaired) electrons. The molecule has 26 heavy (non-hydrogen) atoms. The van der Waals surface area contributed by atoms with Gasteiger partial charge in [0.2, 0.25) is 0 Å². The molecular weight excluding hydrogens is 334 g/mol. The maximum absolute atomic E-state index is 12.3. The highest BCUT2D eigenvalue weighted by Crippen LogP contribution is 2.31. The number of hydrogen-bond donors (Lipinski definition) is 2. The first-order valence-electron chi connectivity index (χ1n) is 8.29. The van der Waals surface area contributed by atoms with E-state index in [2.05, 4.69) is 5.32 Å². The van der Waals surface area contributed by atoms with Gasteiger partial charge in [-0.05, 0) is 57.2 Å². The van der Waals surface area contributed by atoms with Crippen LogP contribution in [-0.4, -0.2) is 24.1 Å². The van der Waals surface area contributed by atoms with Gasteiger partial charge in [-0.3, -0.25) is 4.79 Å². The highest BCUT2D eigenvalue weighted by molar-refractivity contribution is 6.23. The molecule has 3 N–H and O–H groups in total. The Labute approximate surface area is 151 Å². The number of carbonyl (C=O) groups excluding carboxylic acids is 2. The minimum absolute atomic E-state index is 0.295. The molecule has 1 fully saturated rings. The summed E-state index contributed by atoms with van der Waals surface area (Å²) in [5.41, 5.74) is 5.96. The van der Waals surface area contributed by atoms with Crippen molar-refractivity contribution >= 4 is 23.3 Å². The minimum atomic E-state index is -0.911. The molecule has 1 saturated heterocycles. The molecule has 2 aromatic carbocycles. The summed E-state index contributed by atoms with van der Waals surface area (Å²) < 4.78 is 11.2. The van der Waals surface area contributed by atoms with Gasteiger partial charge in [0.1, 0.15) is 22.8 Å². The van der Waals surface area contributed by atoms with Crippen LogP contribution < -0.4 is 25.4 Å². The van der Waals surface area contributed by atoms with Crippen molar-refractivity contribution in [3.63, 3.8) is 0 Å². The Hall–Kier alpha value is -3.22. The van der Waals surface area contributed by atoms with Crippen molar-refractivity contribution in [2.45, 2.75) is 26.3 Å². The number of nitrogens with one attached hydrogen (secondary N) is 1. The van der Waals surface area contributed by atoms with Crippen molar-refractivity contribution in [1.82, 2.24) is 5.32 Å². The van der Waals surface area contributed by atoms with Crippen LogP contribution in [0.2, 0.25) is 0 Å². The number of rotatable bonds is 5. The van der Waals surface area contributed by atoms with Crippen molar-refractivity contribution in [3.05, 3.63) is 42.5 Å². The van der Waals surface area contributed by atoms with Crippen molar-refractivity contribution in [1.29, 1.82) is 0 Å². The number of carbonyl (C=O) groups is 2. The highest BCUT2D eigenvalue weighted by Gasteiger charge is 2.44. The lowest BCUT2D eigenvalue weighted by atomic mass is 10.1. The lowest BCUT2D eigenvalue weighted by molar-refractivity contribution is -0.121. The molecule has 0 unspecified atom stereocenters. The van der Waals surface area contributed by atoms with Crippen molar-refractivity contribution < 1.29 is 19.1 Å². The maximum Gasteiger partial charge on any atom is 0.329 e. The quantitative estimate of drug-likeness (QED) is 0.634. The lowest BCUT2D eigenvalue weighted by Crippen LogP contribution is -2.40. The van der Waals surface area contributed by atoms with Crippen LogP contribution in [0.4, 0.5) is 16.2 Å². The molecule has 3 amide bonds. The highest BCUT2D eigenvalue weighted by atomic mass is 16.5. The standard InChI is InChI=1S/C19H21N3O4/c1-4-25-16-11-14(9-10-15(16)20)26-13-7-5-12(6-8-13)22-17(23)19(2,3)21-18(22)24/h5-11H,4,20H2,1-3H3,(H,21,24). The summed E-state index contributed by atoms with van der Waals surface area (Å²) in [6.07, 6.45) is 0. The summed E-state index contributed by atoms with van der Waals surface area (Å²) in [6.45, 7) is 5.72. The molecule has 7 heteroatoms. The number of benzene rings is 2. The van der Waals surface area contributed by atoms with Crippen molar-refractivity contribution in [2.24, 2.45) is 0 Å². The summed E-state index contributed by atoms with van der Waals surface area (Å²) in [6, 6.07) is 11.4. The van der Waals surface area contributed by atoms with Crippen molar-refractivity contribution in [3.8, 4) is 17.2 Å². The topological polar surface area (TPSA) is 93.9 Å². The van der Waals surface area contributed by atoms with Crippen LogP contribution in [0.25, 0.3) is 0 Å². The number of amides is 3. The zero-order chi connectivity index (χ0) is 18.9. The second kappa shape index (κ2) is 6.59. The fraction of sp³-hybridized carbons (Fsp3) is 0.263. The van der Waals surface area contributed by atoms with E-state index >= 15 is 0 Å². The van der Waals surface area contributed by atoms with Gasteiger partial charge in [-0.2, -0.15) is 0 Å². The van der Waals surface area contributed by atoms with E-state index in [0.29, 0.717) is 35.2 Å². The Kier molecular flexibility index (Phi) is 4.46. The summed E-state index contributed by atoms with van der Waals surface area (Å²) in [5.74, 6) is 1.40. The third-order valence-electron chi connectivity index (χ3n) is 3.98. The minimum Gasteiger partial charge on any atom is -0.492 e. The van der Waals surface area contributed by atoms with Crippen LogP contribution in [0.1, 0.15) is 20.8 Å². The molecule has 1 aliphatic rings. The second-order valence-corrected chi connectivity index (χ2v) is 6.42. The predicted octanol–water partition coefficient (Wildman–Crippen LogP) is 3.29. The molecule has 136 valence electrons. The van der Waals surface area contributed by atoms with E-state index in [4.69, 9.17) is 15.2 Å². The summed E-state index contributed by atoms with van der Waals surface area (Å²) in [7, 11) is 0. The zero-order valence-corrected chi connectivity index (χ0v) is 14.9. The van der Waals surface area contributed by atoms with Crippen LogP contribution in [0, 0.1) is 0 Å². The zero-order valence-electron chi connectivity index (χ0n) is 14.9. The fourth-order valence-electron chi connectivity index (χ4n) is 2.64. The van der Waals surface area contributed by atoms with E-state index in [0.717, 1.165) is 4.90 Å². The average molecular weight is 355 g/mol. The lowest BCUT2D eigenvalue weighted by Gasteiger charge is -2.16. The number of nitrogens with two attached hydrogens (primary N) is 1. The molecule has 0 aliphatic carbocycles. The number of hydrogen-bond acceptors (Lipinski definition) is 5. The SMILES string of the molecule is CCOc1cc(Oc2ccc(N3C(=O)NC(C)(C)C3=O)cc2)ccc1N. The molecular formula is C19H21N3O4. The van der Waals surface area contributed by atoms with E-state index in [1.54, 1.807) is 56.3 Å². The van der Waals surface area contributed by atoms with Gasteiger partial charge in [-0.15, -0.1) is 0 Å². The molecule has 2 aromatic rings. The first-order chi connectivity index (χ1) is 12.3. The van der Waals surface area contributed by atoms with Crippen molar-refractivity contribution in [2.75, 3.05) is 17.2 Å². The molecule has 0 aromatic heterocycles. The summed E-state index contributed by atoms with van der Waals surface area (Å²) in [4.78, 5) is 25.5. The number of urea groups is 1. The molecule has 0 atom stereocenters. The molecule has 3 rings (SSSR count). The fourth-order valence-corrected chi connectivity index (χ4v) is 2.64. The van der Waals surface area contributed by atoms with Gasteiger partial charge in [0.05, 0.1) is 18.0 Å². The van der Waals surface area contributed by atoms with Crippen LogP contribution in [0.5, 0.6) is 17.2 Å². The van der Waals surface area contributed by atoms with E-state index in [1.807, 2.05) is 6.92 Å². The molecule has 0 saturated carbocycles. The number of nitrogens with zero attached hydrogens (tertiary/aromatic N) is 1. The third kappa shape index (κ3) is 3.28. The average Bonchev–Trinajstić information content (AvgIpc) is 2.79. The van der Waals surface area contributed by atoms with Gasteiger partial charge >= 0.3 is 6.03 Å². The van der Waals surface area contributed by atoms with Gasteiger partial charge in [0.15, 0.2) is 0 Å². The summed E-state index contributed by atoms with van der Waals surface area (Å²) >= 11 is 0. The Bertz CT molecular complexity index is 846. The van der Waals surface area contributed by atoms with Gasteiger partial charge in [0.25, 0.3) is 5.91 Å². The predicted molar refractivity (Wildman–Crippen MR) is 98.6 cm³/mol. The first kappa shape index (κ1) is 17.6. The van der Waals surface area contributed by atoms with Gasteiger partial charge in [-0.1, -0.05) is 0 Å². The van der Waals surface area contributed by atoms with Crippen LogP contribution in [0.3, 0.4) is 0 Å². The summed E-state index contributed by atoms with van der Waals surface area (Å²) in [5, 5.41) is 2.65. The van der Waals surface area contributed by atoms with Crippen LogP contribution >= 0.6 is 0 Å². The largest absolute Gasteiger partial charge is 0.492 e. The molecule has 7 nitrogen and oxygen atoms in total. The second-order valence-electron chi connectivity index (χ2n) is 6.42. The molecule has 1 aliphatic heterocycles. The Morgan fingerprint density at radius 3 is 2.31 bits per heavy atom. The van der Waals surface area contributed by atoms with Crippen LogP contribution in [-0.2, 0) is 4.79 Å². The molecule has 0 spiro atoms. The van der Waals surface area contributed by atoms with Gasteiger partial charge in [0, 0.05) is 6.07 Å². The van der Waals surface area contributed by atoms with Gasteiger partial charge < -0.3 is 20.5 Å². The molecule has 0 bridgehead atoms. The Morgan fingerprint density at radius 1 is 1.08 bits per heavy atom. The Morgan fingerprint density at radius 2 is 1.73 bits per heavy atom. The maximum atomic E-state index is 12.3. The number of ether oxygens (including phenoxy) is 2. The van der Waals surface area contributed by atoms with E-state index in [1.165, 1.54) is 0 Å². The van der Waals surface area contributed by atoms with Gasteiger partial charge in [-0.25, -0.2) is 9.69 Å². The normalized spacial score (nSPS) is 15.7. The smallest absolute Gasteiger partial charge is 0.329 e. The van der Waals surface area contributed by atoms with E-state index in [9.17, 15) is 9.59 Å². The third-order valence-corrected chi connectivity index (χ3v) is 3.98. The first-order valence-corrected chi connectivity index (χ1v) is 8.29. The Balaban J connectivity index is 1.78. The van der Waals surface area contributed by atoms with Crippen LogP contribution in [0.15, 0.2) is 42.5 Å². The monoisotopic (exact) mass is 355 g/mol. The number of nitrogen functional groups attached to an aromatic ring is 1. The number of anilines is 2. The van der Waals surface area contributed by atoms with E-state index < -0.39 is 11.6 Å². The van der Waals surface area contributed by atoms with E-state index in [-0.39, 0.29) is 5.91 Å². The molecule has 1 heterocycles.